The summed E-state index contributed by atoms with van der Waals surface area (Å²) in [5.74, 6) is -0.413. The lowest BCUT2D eigenvalue weighted by Gasteiger charge is -2.06. The van der Waals surface area contributed by atoms with E-state index in [1.165, 1.54) is 10.6 Å². The smallest absolute Gasteiger partial charge is 0.305 e. The summed E-state index contributed by atoms with van der Waals surface area (Å²) in [7, 11) is 0. The average molecular weight is 242 g/mol. The van der Waals surface area contributed by atoms with Crippen LogP contribution in [0.2, 0.25) is 0 Å². The third kappa shape index (κ3) is 1.46. The van der Waals surface area contributed by atoms with Crippen LogP contribution in [-0.2, 0) is 0 Å². The topological polar surface area (TPSA) is 37.8 Å². The Bertz CT molecular complexity index is 786. The van der Waals surface area contributed by atoms with Crippen LogP contribution in [-0.4, -0.2) is 9.55 Å². The van der Waals surface area contributed by atoms with Crippen molar-refractivity contribution in [3.63, 3.8) is 0 Å². The van der Waals surface area contributed by atoms with Crippen molar-refractivity contribution in [1.29, 1.82) is 0 Å². The summed E-state index contributed by atoms with van der Waals surface area (Å²) in [5.41, 5.74) is 2.29. The van der Waals surface area contributed by atoms with Crippen molar-refractivity contribution in [2.75, 3.05) is 0 Å². The fourth-order valence-corrected chi connectivity index (χ4v) is 2.19. The molecule has 0 aliphatic rings. The normalized spacial score (nSPS) is 11.0. The standard InChI is InChI=1S/C14H11FN2O/c1-9-5-4-7-11-13(9)17(14(18)16-11)12-8-3-2-6-10(12)15/h2-8H,1H3,(H,16,18). The maximum absolute atomic E-state index is 13.8. The molecule has 0 aliphatic heterocycles. The number of nitrogens with zero attached hydrogens (tertiary/aromatic N) is 1. The number of H-pyrrole nitrogens is 1. The SMILES string of the molecule is Cc1cccc2[nH]c(=O)n(-c3ccccc3F)c12. The fraction of sp³-hybridized carbons (Fsp3) is 0.0714. The number of halogens is 1. The van der Waals surface area contributed by atoms with Crippen LogP contribution < -0.4 is 5.69 Å². The summed E-state index contributed by atoms with van der Waals surface area (Å²) in [6.07, 6.45) is 0. The Labute approximate surface area is 103 Å². The summed E-state index contributed by atoms with van der Waals surface area (Å²) in [6, 6.07) is 11.8. The minimum Gasteiger partial charge on any atom is -0.305 e. The molecule has 0 aliphatic carbocycles. The Balaban J connectivity index is 2.47. The average Bonchev–Trinajstić information content (AvgIpc) is 2.68. The Morgan fingerprint density at radius 3 is 2.67 bits per heavy atom. The monoisotopic (exact) mass is 242 g/mol. The fourth-order valence-electron chi connectivity index (χ4n) is 2.19. The van der Waals surface area contributed by atoms with E-state index >= 15 is 0 Å². The van der Waals surface area contributed by atoms with Crippen molar-refractivity contribution in [3.8, 4) is 5.69 Å². The summed E-state index contributed by atoms with van der Waals surface area (Å²) in [6.45, 7) is 1.90. The highest BCUT2D eigenvalue weighted by atomic mass is 19.1. The van der Waals surface area contributed by atoms with Gasteiger partial charge in [0.2, 0.25) is 0 Å². The molecule has 90 valence electrons. The number of aromatic amines is 1. The van der Waals surface area contributed by atoms with E-state index in [9.17, 15) is 9.18 Å². The van der Waals surface area contributed by atoms with Gasteiger partial charge in [0.1, 0.15) is 5.82 Å². The van der Waals surface area contributed by atoms with E-state index in [4.69, 9.17) is 0 Å². The Morgan fingerprint density at radius 2 is 1.89 bits per heavy atom. The van der Waals surface area contributed by atoms with Gasteiger partial charge in [0.15, 0.2) is 0 Å². The first-order valence-corrected chi connectivity index (χ1v) is 5.64. The molecule has 0 spiro atoms. The first-order chi connectivity index (χ1) is 8.68. The van der Waals surface area contributed by atoms with Gasteiger partial charge < -0.3 is 4.98 Å². The quantitative estimate of drug-likeness (QED) is 0.700. The molecule has 3 rings (SSSR count). The van der Waals surface area contributed by atoms with Crippen LogP contribution in [0.4, 0.5) is 4.39 Å². The zero-order valence-electron chi connectivity index (χ0n) is 9.77. The maximum Gasteiger partial charge on any atom is 0.331 e. The lowest BCUT2D eigenvalue weighted by atomic mass is 10.2. The predicted molar refractivity (Wildman–Crippen MR) is 68.6 cm³/mol. The van der Waals surface area contributed by atoms with Gasteiger partial charge in [-0.3, -0.25) is 4.57 Å². The number of hydrogen-bond donors (Lipinski definition) is 1. The molecule has 3 aromatic rings. The molecule has 18 heavy (non-hydrogen) atoms. The van der Waals surface area contributed by atoms with Crippen LogP contribution in [0, 0.1) is 12.7 Å². The van der Waals surface area contributed by atoms with Gasteiger partial charge in [0, 0.05) is 0 Å². The molecule has 4 heteroatoms. The zero-order valence-corrected chi connectivity index (χ0v) is 9.77. The van der Waals surface area contributed by atoms with E-state index < -0.39 is 5.82 Å². The number of fused-ring (bicyclic) bond motifs is 1. The summed E-state index contributed by atoms with van der Waals surface area (Å²) < 4.78 is 15.2. The second-order valence-corrected chi connectivity index (χ2v) is 4.19. The number of aryl methyl sites for hydroxylation is 1. The van der Waals surface area contributed by atoms with Gasteiger partial charge in [0.05, 0.1) is 16.7 Å². The van der Waals surface area contributed by atoms with Gasteiger partial charge in [-0.05, 0) is 30.7 Å². The van der Waals surface area contributed by atoms with Gasteiger partial charge >= 0.3 is 5.69 Å². The second-order valence-electron chi connectivity index (χ2n) is 4.19. The highest BCUT2D eigenvalue weighted by Gasteiger charge is 2.13. The number of para-hydroxylation sites is 2. The lowest BCUT2D eigenvalue weighted by molar-refractivity contribution is 0.618. The number of nitrogens with one attached hydrogen (secondary N) is 1. The summed E-state index contributed by atoms with van der Waals surface area (Å²) in [4.78, 5) is 14.7. The van der Waals surface area contributed by atoms with E-state index in [1.807, 2.05) is 19.1 Å². The van der Waals surface area contributed by atoms with E-state index in [-0.39, 0.29) is 11.4 Å². The first-order valence-electron chi connectivity index (χ1n) is 5.64. The molecule has 0 bridgehead atoms. The predicted octanol–water partition coefficient (Wildman–Crippen LogP) is 2.77. The molecule has 2 aromatic carbocycles. The summed E-state index contributed by atoms with van der Waals surface area (Å²) in [5, 5.41) is 0. The minimum atomic E-state index is -0.413. The molecule has 1 N–H and O–H groups in total. The van der Waals surface area contributed by atoms with Crippen LogP contribution in [0.25, 0.3) is 16.7 Å². The second kappa shape index (κ2) is 3.84. The molecule has 0 unspecified atom stereocenters. The van der Waals surface area contributed by atoms with Gasteiger partial charge in [-0.15, -0.1) is 0 Å². The largest absolute Gasteiger partial charge is 0.331 e. The molecule has 0 saturated heterocycles. The van der Waals surface area contributed by atoms with Crippen LogP contribution in [0.1, 0.15) is 5.56 Å². The summed E-state index contributed by atoms with van der Waals surface area (Å²) >= 11 is 0. The number of rotatable bonds is 1. The Hall–Kier alpha value is -2.36. The van der Waals surface area contributed by atoms with E-state index in [0.717, 1.165) is 5.56 Å². The molecular weight excluding hydrogens is 231 g/mol. The van der Waals surface area contributed by atoms with Crippen molar-refractivity contribution < 1.29 is 4.39 Å². The van der Waals surface area contributed by atoms with Gasteiger partial charge in [-0.1, -0.05) is 24.3 Å². The third-order valence-corrected chi connectivity index (χ3v) is 3.00. The zero-order chi connectivity index (χ0) is 12.7. The Morgan fingerprint density at radius 1 is 1.11 bits per heavy atom. The molecule has 0 atom stereocenters. The number of benzene rings is 2. The molecule has 1 aromatic heterocycles. The maximum atomic E-state index is 13.8. The van der Waals surface area contributed by atoms with Crippen LogP contribution in [0.5, 0.6) is 0 Å². The third-order valence-electron chi connectivity index (χ3n) is 3.00. The van der Waals surface area contributed by atoms with Crippen LogP contribution in [0.15, 0.2) is 47.3 Å². The lowest BCUT2D eigenvalue weighted by Crippen LogP contribution is -2.16. The van der Waals surface area contributed by atoms with Crippen molar-refractivity contribution in [2.45, 2.75) is 6.92 Å². The highest BCUT2D eigenvalue weighted by Crippen LogP contribution is 2.20. The molecule has 0 amide bonds. The van der Waals surface area contributed by atoms with Gasteiger partial charge in [-0.2, -0.15) is 0 Å². The van der Waals surface area contributed by atoms with Gasteiger partial charge in [-0.25, -0.2) is 9.18 Å². The van der Waals surface area contributed by atoms with E-state index in [1.54, 1.807) is 24.3 Å². The van der Waals surface area contributed by atoms with Crippen molar-refractivity contribution in [1.82, 2.24) is 9.55 Å². The number of aromatic nitrogens is 2. The van der Waals surface area contributed by atoms with Crippen molar-refractivity contribution in [3.05, 3.63) is 64.3 Å². The molecular formula is C14H11FN2O. The minimum absolute atomic E-state index is 0.267. The highest BCUT2D eigenvalue weighted by molar-refractivity contribution is 5.80. The van der Waals surface area contributed by atoms with Crippen LogP contribution in [0.3, 0.4) is 0 Å². The number of imidazole rings is 1. The molecule has 3 nitrogen and oxygen atoms in total. The number of hydrogen-bond acceptors (Lipinski definition) is 1. The van der Waals surface area contributed by atoms with Crippen molar-refractivity contribution >= 4 is 11.0 Å². The van der Waals surface area contributed by atoms with Gasteiger partial charge in [0.25, 0.3) is 0 Å². The molecule has 0 radical (unpaired) electrons. The van der Waals surface area contributed by atoms with Crippen molar-refractivity contribution in [2.24, 2.45) is 0 Å². The first kappa shape index (κ1) is 10.8. The molecule has 0 saturated carbocycles. The van der Waals surface area contributed by atoms with E-state index in [0.29, 0.717) is 11.0 Å². The molecule has 0 fully saturated rings. The molecule has 1 heterocycles. The van der Waals surface area contributed by atoms with Crippen LogP contribution >= 0.6 is 0 Å². The van der Waals surface area contributed by atoms with E-state index in [2.05, 4.69) is 4.98 Å². The Kier molecular flexibility index (Phi) is 2.30.